The smallest absolute Gasteiger partial charge is 0.243 e. The molecule has 1 saturated heterocycles. The summed E-state index contributed by atoms with van der Waals surface area (Å²) in [5.74, 6) is 1.56. The van der Waals surface area contributed by atoms with E-state index in [-0.39, 0.29) is 16.7 Å². The molecule has 0 N–H and O–H groups in total. The van der Waals surface area contributed by atoms with Crippen molar-refractivity contribution in [1.29, 1.82) is 0 Å². The van der Waals surface area contributed by atoms with Crippen LogP contribution in [0.25, 0.3) is 0 Å². The van der Waals surface area contributed by atoms with E-state index in [1.807, 2.05) is 0 Å². The monoisotopic (exact) mass is 438 g/mol. The zero-order chi connectivity index (χ0) is 21.9. The Morgan fingerprint density at radius 3 is 2.27 bits per heavy atom. The number of nitrogens with zero attached hydrogens (tertiary/aromatic N) is 2. The SMILES string of the molecule is COc1ccc(S(=O)(=O)N2CCC(C(=O)N(CCC(C)C)C3CC3)CC2)cc1OC. The minimum atomic E-state index is -3.64. The number of carbonyl (C=O) groups is 1. The van der Waals surface area contributed by atoms with Gasteiger partial charge in [0.15, 0.2) is 11.5 Å². The van der Waals surface area contributed by atoms with Crippen LogP contribution < -0.4 is 9.47 Å². The van der Waals surface area contributed by atoms with Gasteiger partial charge in [0.25, 0.3) is 0 Å². The lowest BCUT2D eigenvalue weighted by atomic mass is 9.96. The number of carbonyl (C=O) groups excluding carboxylic acids is 1. The molecule has 1 heterocycles. The van der Waals surface area contributed by atoms with Crippen LogP contribution in [0, 0.1) is 11.8 Å². The van der Waals surface area contributed by atoms with Gasteiger partial charge in [0.2, 0.25) is 15.9 Å². The van der Waals surface area contributed by atoms with Gasteiger partial charge in [-0.2, -0.15) is 4.31 Å². The van der Waals surface area contributed by atoms with E-state index in [1.54, 1.807) is 6.07 Å². The number of benzene rings is 1. The molecule has 3 rings (SSSR count). The Morgan fingerprint density at radius 1 is 1.10 bits per heavy atom. The van der Waals surface area contributed by atoms with E-state index in [0.717, 1.165) is 25.8 Å². The first kappa shape index (κ1) is 22.9. The van der Waals surface area contributed by atoms with Crippen LogP contribution in [-0.2, 0) is 14.8 Å². The maximum atomic E-state index is 13.1. The normalized spacial score (nSPS) is 18.4. The third-order valence-corrected chi connectivity index (χ3v) is 7.91. The van der Waals surface area contributed by atoms with Crippen molar-refractivity contribution in [2.45, 2.75) is 56.9 Å². The Labute approximate surface area is 180 Å². The van der Waals surface area contributed by atoms with E-state index >= 15 is 0 Å². The maximum Gasteiger partial charge on any atom is 0.243 e. The molecule has 0 atom stereocenters. The van der Waals surface area contributed by atoms with Crippen LogP contribution in [0.15, 0.2) is 23.1 Å². The highest BCUT2D eigenvalue weighted by molar-refractivity contribution is 7.89. The van der Waals surface area contributed by atoms with Crippen LogP contribution in [0.1, 0.15) is 46.0 Å². The third kappa shape index (κ3) is 5.09. The Balaban J connectivity index is 1.65. The van der Waals surface area contributed by atoms with Crippen LogP contribution in [0.4, 0.5) is 0 Å². The molecule has 1 amide bonds. The number of amides is 1. The first-order chi connectivity index (χ1) is 14.3. The first-order valence-electron chi connectivity index (χ1n) is 10.8. The molecule has 0 unspecified atom stereocenters. The molecular formula is C22H34N2O5S. The highest BCUT2D eigenvalue weighted by Crippen LogP contribution is 2.34. The van der Waals surface area contributed by atoms with Crippen molar-refractivity contribution in [3.05, 3.63) is 18.2 Å². The zero-order valence-electron chi connectivity index (χ0n) is 18.5. The van der Waals surface area contributed by atoms with Crippen molar-refractivity contribution in [1.82, 2.24) is 9.21 Å². The van der Waals surface area contributed by atoms with Crippen molar-refractivity contribution in [3.8, 4) is 11.5 Å². The number of hydrogen-bond acceptors (Lipinski definition) is 5. The molecule has 1 aliphatic carbocycles. The molecule has 168 valence electrons. The summed E-state index contributed by atoms with van der Waals surface area (Å²) in [6.45, 7) is 5.87. The Kier molecular flexibility index (Phi) is 7.29. The van der Waals surface area contributed by atoms with E-state index in [4.69, 9.17) is 9.47 Å². The van der Waals surface area contributed by atoms with Gasteiger partial charge in [-0.1, -0.05) is 13.8 Å². The van der Waals surface area contributed by atoms with Gasteiger partial charge < -0.3 is 14.4 Å². The van der Waals surface area contributed by atoms with Gasteiger partial charge in [-0.05, 0) is 50.2 Å². The summed E-state index contributed by atoms with van der Waals surface area (Å²) in [6, 6.07) is 5.02. The highest BCUT2D eigenvalue weighted by Gasteiger charge is 2.38. The molecule has 0 bridgehead atoms. The van der Waals surface area contributed by atoms with Gasteiger partial charge in [-0.3, -0.25) is 4.79 Å². The van der Waals surface area contributed by atoms with Crippen LogP contribution in [0.5, 0.6) is 11.5 Å². The number of ether oxygens (including phenoxy) is 2. The summed E-state index contributed by atoms with van der Waals surface area (Å²) >= 11 is 0. The lowest BCUT2D eigenvalue weighted by Gasteiger charge is -2.34. The fourth-order valence-electron chi connectivity index (χ4n) is 3.96. The standard InChI is InChI=1S/C22H34N2O5S/c1-16(2)9-14-24(18-5-6-18)22(25)17-10-12-23(13-11-17)30(26,27)19-7-8-20(28-3)21(15-19)29-4/h7-8,15-18H,5-6,9-14H2,1-4H3. The third-order valence-electron chi connectivity index (χ3n) is 6.01. The number of sulfonamides is 1. The fourth-order valence-corrected chi connectivity index (χ4v) is 5.45. The molecule has 2 fully saturated rings. The second-order valence-electron chi connectivity index (χ2n) is 8.64. The van der Waals surface area contributed by atoms with Crippen molar-refractivity contribution in [2.75, 3.05) is 33.9 Å². The Hall–Kier alpha value is -1.80. The molecule has 1 aromatic rings. The van der Waals surface area contributed by atoms with E-state index < -0.39 is 10.0 Å². The fraction of sp³-hybridized carbons (Fsp3) is 0.682. The summed E-state index contributed by atoms with van der Waals surface area (Å²) in [5.41, 5.74) is 0. The summed E-state index contributed by atoms with van der Waals surface area (Å²) in [6.07, 6.45) is 4.33. The van der Waals surface area contributed by atoms with Gasteiger partial charge in [0.1, 0.15) is 0 Å². The quantitative estimate of drug-likeness (QED) is 0.592. The predicted molar refractivity (Wildman–Crippen MR) is 115 cm³/mol. The van der Waals surface area contributed by atoms with Gasteiger partial charge in [-0.25, -0.2) is 8.42 Å². The van der Waals surface area contributed by atoms with Gasteiger partial charge in [0, 0.05) is 37.7 Å². The summed E-state index contributed by atoms with van der Waals surface area (Å²) in [5, 5.41) is 0. The number of rotatable bonds is 9. The minimum Gasteiger partial charge on any atom is -0.493 e. The van der Waals surface area contributed by atoms with E-state index in [9.17, 15) is 13.2 Å². The van der Waals surface area contributed by atoms with Crippen molar-refractivity contribution in [3.63, 3.8) is 0 Å². The Morgan fingerprint density at radius 2 is 1.73 bits per heavy atom. The number of piperidine rings is 1. The first-order valence-corrected chi connectivity index (χ1v) is 12.2. The number of hydrogen-bond donors (Lipinski definition) is 0. The summed E-state index contributed by atoms with van der Waals surface area (Å²) < 4.78 is 38.1. The minimum absolute atomic E-state index is 0.0883. The Bertz CT molecular complexity index is 843. The van der Waals surface area contributed by atoms with Gasteiger partial charge in [0.05, 0.1) is 19.1 Å². The molecule has 2 aliphatic rings. The molecule has 8 heteroatoms. The van der Waals surface area contributed by atoms with Crippen LogP contribution in [-0.4, -0.2) is 63.4 Å². The average molecular weight is 439 g/mol. The highest BCUT2D eigenvalue weighted by atomic mass is 32.2. The van der Waals surface area contributed by atoms with Gasteiger partial charge in [-0.15, -0.1) is 0 Å². The number of methoxy groups -OCH3 is 2. The molecule has 0 spiro atoms. The molecule has 1 aliphatic heterocycles. The molecule has 0 aromatic heterocycles. The average Bonchev–Trinajstić information content (AvgIpc) is 3.58. The van der Waals surface area contributed by atoms with E-state index in [1.165, 1.54) is 30.7 Å². The molecule has 1 aromatic carbocycles. The second kappa shape index (κ2) is 9.56. The van der Waals surface area contributed by atoms with Crippen LogP contribution in [0.3, 0.4) is 0 Å². The second-order valence-corrected chi connectivity index (χ2v) is 10.6. The molecule has 0 radical (unpaired) electrons. The largest absolute Gasteiger partial charge is 0.493 e. The zero-order valence-corrected chi connectivity index (χ0v) is 19.3. The lowest BCUT2D eigenvalue weighted by Crippen LogP contribution is -2.45. The summed E-state index contributed by atoms with van der Waals surface area (Å²) in [4.78, 5) is 15.3. The topological polar surface area (TPSA) is 76.2 Å². The van der Waals surface area contributed by atoms with E-state index in [0.29, 0.717) is 49.4 Å². The van der Waals surface area contributed by atoms with Crippen LogP contribution in [0.2, 0.25) is 0 Å². The lowest BCUT2D eigenvalue weighted by molar-refractivity contribution is -0.137. The van der Waals surface area contributed by atoms with Crippen molar-refractivity contribution in [2.24, 2.45) is 11.8 Å². The maximum absolute atomic E-state index is 13.1. The molecule has 30 heavy (non-hydrogen) atoms. The van der Waals surface area contributed by atoms with Gasteiger partial charge >= 0.3 is 0 Å². The van der Waals surface area contributed by atoms with Crippen molar-refractivity contribution < 1.29 is 22.7 Å². The predicted octanol–water partition coefficient (Wildman–Crippen LogP) is 3.14. The van der Waals surface area contributed by atoms with E-state index in [2.05, 4.69) is 18.7 Å². The molecule has 7 nitrogen and oxygen atoms in total. The molecular weight excluding hydrogens is 404 g/mol. The summed E-state index contributed by atoms with van der Waals surface area (Å²) in [7, 11) is -0.645. The molecule has 1 saturated carbocycles. The van der Waals surface area contributed by atoms with Crippen molar-refractivity contribution >= 4 is 15.9 Å². The van der Waals surface area contributed by atoms with Crippen LogP contribution >= 0.6 is 0 Å².